The normalized spacial score (nSPS) is 17.0. The van der Waals surface area contributed by atoms with Crippen molar-refractivity contribution in [3.05, 3.63) is 52.2 Å². The van der Waals surface area contributed by atoms with Crippen LogP contribution in [0.3, 0.4) is 0 Å². The maximum atomic E-state index is 12.5. The van der Waals surface area contributed by atoms with Crippen molar-refractivity contribution in [3.63, 3.8) is 0 Å². The van der Waals surface area contributed by atoms with E-state index in [1.807, 2.05) is 28.0 Å². The molecule has 142 valence electrons. The van der Waals surface area contributed by atoms with Gasteiger partial charge in [0.15, 0.2) is 0 Å². The van der Waals surface area contributed by atoms with Crippen LogP contribution < -0.4 is 4.90 Å². The number of amides is 2. The molecule has 1 aromatic carbocycles. The van der Waals surface area contributed by atoms with Crippen LogP contribution in [0.5, 0.6) is 0 Å². The van der Waals surface area contributed by atoms with Crippen LogP contribution in [-0.4, -0.2) is 54.3 Å². The molecule has 0 spiro atoms. The van der Waals surface area contributed by atoms with Gasteiger partial charge in [-0.25, -0.2) is 0 Å². The summed E-state index contributed by atoms with van der Waals surface area (Å²) < 4.78 is 0. The predicted molar refractivity (Wildman–Crippen MR) is 108 cm³/mol. The van der Waals surface area contributed by atoms with Crippen LogP contribution in [0.25, 0.3) is 0 Å². The van der Waals surface area contributed by atoms with Gasteiger partial charge in [-0.05, 0) is 35.6 Å². The van der Waals surface area contributed by atoms with Crippen molar-refractivity contribution in [2.45, 2.75) is 25.8 Å². The van der Waals surface area contributed by atoms with E-state index < -0.39 is 0 Å². The molecule has 5 nitrogen and oxygen atoms in total. The second kappa shape index (κ2) is 8.13. The van der Waals surface area contributed by atoms with Gasteiger partial charge in [-0.3, -0.25) is 9.59 Å². The van der Waals surface area contributed by atoms with Crippen molar-refractivity contribution >= 4 is 28.8 Å². The summed E-state index contributed by atoms with van der Waals surface area (Å²) in [4.78, 5) is 32.5. The van der Waals surface area contributed by atoms with Gasteiger partial charge in [0.2, 0.25) is 11.8 Å². The van der Waals surface area contributed by atoms with Crippen LogP contribution in [-0.2, 0) is 22.6 Å². The van der Waals surface area contributed by atoms with E-state index in [1.165, 1.54) is 16.1 Å². The van der Waals surface area contributed by atoms with Crippen LogP contribution in [0.15, 0.2) is 41.8 Å². The van der Waals surface area contributed by atoms with Crippen molar-refractivity contribution in [3.8, 4) is 0 Å². The first-order valence-electron chi connectivity index (χ1n) is 9.61. The largest absolute Gasteiger partial charge is 0.368 e. The van der Waals surface area contributed by atoms with Gasteiger partial charge < -0.3 is 14.7 Å². The highest BCUT2D eigenvalue weighted by Crippen LogP contribution is 2.24. The highest BCUT2D eigenvalue weighted by Gasteiger charge is 2.24. The fraction of sp³-hybridized carbons (Fsp3) is 0.429. The van der Waals surface area contributed by atoms with Gasteiger partial charge in [0.05, 0.1) is 0 Å². The molecule has 3 heterocycles. The Balaban J connectivity index is 1.23. The molecule has 1 aromatic heterocycles. The molecule has 2 aliphatic rings. The van der Waals surface area contributed by atoms with Crippen LogP contribution >= 0.6 is 11.3 Å². The molecule has 2 aliphatic heterocycles. The Hall–Kier alpha value is -2.34. The quantitative estimate of drug-likeness (QED) is 0.815. The zero-order valence-corrected chi connectivity index (χ0v) is 16.3. The molecule has 0 bridgehead atoms. The summed E-state index contributed by atoms with van der Waals surface area (Å²) in [5, 5.41) is 2.09. The topological polar surface area (TPSA) is 43.9 Å². The summed E-state index contributed by atoms with van der Waals surface area (Å²) in [6.45, 7) is 4.61. The SMILES string of the molecule is O=C(CCC(=O)N1CCc2sccc2C1)N1CCN(c2ccccc2)CC1. The van der Waals surface area contributed by atoms with E-state index in [2.05, 4.69) is 28.5 Å². The number of benzene rings is 1. The number of carbonyl (C=O) groups excluding carboxylic acids is 2. The smallest absolute Gasteiger partial charge is 0.223 e. The van der Waals surface area contributed by atoms with Crippen LogP contribution in [0.2, 0.25) is 0 Å². The van der Waals surface area contributed by atoms with E-state index in [9.17, 15) is 9.59 Å². The molecule has 2 aromatic rings. The number of para-hydroxylation sites is 1. The Bertz CT molecular complexity index is 797. The molecule has 0 unspecified atom stereocenters. The van der Waals surface area contributed by atoms with E-state index in [1.54, 1.807) is 11.3 Å². The van der Waals surface area contributed by atoms with Crippen molar-refractivity contribution in [1.82, 2.24) is 9.80 Å². The lowest BCUT2D eigenvalue weighted by Crippen LogP contribution is -2.49. The number of carbonyl (C=O) groups is 2. The van der Waals surface area contributed by atoms with E-state index in [-0.39, 0.29) is 11.8 Å². The fourth-order valence-corrected chi connectivity index (χ4v) is 4.73. The van der Waals surface area contributed by atoms with Gasteiger partial charge in [-0.1, -0.05) is 18.2 Å². The summed E-state index contributed by atoms with van der Waals surface area (Å²) in [6, 6.07) is 12.4. The molecule has 1 saturated heterocycles. The third-order valence-electron chi connectivity index (χ3n) is 5.47. The average Bonchev–Trinajstić information content (AvgIpc) is 3.20. The molecule has 0 N–H and O–H groups in total. The summed E-state index contributed by atoms with van der Waals surface area (Å²) in [7, 11) is 0. The molecule has 27 heavy (non-hydrogen) atoms. The number of hydrogen-bond donors (Lipinski definition) is 0. The van der Waals surface area contributed by atoms with Crippen LogP contribution in [0, 0.1) is 0 Å². The maximum absolute atomic E-state index is 12.5. The second-order valence-corrected chi connectivity index (χ2v) is 8.14. The summed E-state index contributed by atoms with van der Waals surface area (Å²) in [6.07, 6.45) is 1.57. The Labute approximate surface area is 164 Å². The monoisotopic (exact) mass is 383 g/mol. The Morgan fingerprint density at radius 2 is 1.56 bits per heavy atom. The highest BCUT2D eigenvalue weighted by atomic mass is 32.1. The Morgan fingerprint density at radius 3 is 2.30 bits per heavy atom. The molecule has 1 fully saturated rings. The molecule has 6 heteroatoms. The number of nitrogens with zero attached hydrogens (tertiary/aromatic N) is 3. The molecule has 0 aliphatic carbocycles. The molecule has 0 atom stereocenters. The van der Waals surface area contributed by atoms with Gasteiger partial charge in [-0.15, -0.1) is 11.3 Å². The predicted octanol–water partition coefficient (Wildman–Crippen LogP) is 2.76. The maximum Gasteiger partial charge on any atom is 0.223 e. The lowest BCUT2D eigenvalue weighted by molar-refractivity contribution is -0.137. The molecular weight excluding hydrogens is 358 g/mol. The van der Waals surface area contributed by atoms with Gasteiger partial charge >= 0.3 is 0 Å². The lowest BCUT2D eigenvalue weighted by Gasteiger charge is -2.36. The first-order valence-corrected chi connectivity index (χ1v) is 10.5. The number of rotatable bonds is 4. The second-order valence-electron chi connectivity index (χ2n) is 7.14. The minimum atomic E-state index is 0.100. The van der Waals surface area contributed by atoms with Crippen molar-refractivity contribution in [2.75, 3.05) is 37.6 Å². The summed E-state index contributed by atoms with van der Waals surface area (Å²) in [5.74, 6) is 0.201. The molecular formula is C21H25N3O2S. The lowest BCUT2D eigenvalue weighted by atomic mass is 10.1. The molecule has 0 saturated carbocycles. The molecule has 4 rings (SSSR count). The van der Waals surface area contributed by atoms with Crippen LogP contribution in [0.4, 0.5) is 5.69 Å². The van der Waals surface area contributed by atoms with Gasteiger partial charge in [0.25, 0.3) is 0 Å². The first-order chi connectivity index (χ1) is 13.2. The van der Waals surface area contributed by atoms with Crippen molar-refractivity contribution in [1.29, 1.82) is 0 Å². The van der Waals surface area contributed by atoms with Gasteiger partial charge in [0.1, 0.15) is 0 Å². The molecule has 0 radical (unpaired) electrons. The number of thiophene rings is 1. The fourth-order valence-electron chi connectivity index (χ4n) is 3.84. The number of anilines is 1. The zero-order valence-electron chi connectivity index (χ0n) is 15.5. The summed E-state index contributed by atoms with van der Waals surface area (Å²) >= 11 is 1.77. The van der Waals surface area contributed by atoms with E-state index in [0.717, 1.165) is 39.1 Å². The Kier molecular flexibility index (Phi) is 5.43. The third-order valence-corrected chi connectivity index (χ3v) is 6.49. The minimum absolute atomic E-state index is 0.100. The van der Waals surface area contributed by atoms with Crippen molar-refractivity contribution in [2.24, 2.45) is 0 Å². The van der Waals surface area contributed by atoms with Crippen molar-refractivity contribution < 1.29 is 9.59 Å². The van der Waals surface area contributed by atoms with Gasteiger partial charge in [-0.2, -0.15) is 0 Å². The third kappa shape index (κ3) is 4.16. The van der Waals surface area contributed by atoms with E-state index in [0.29, 0.717) is 19.4 Å². The zero-order chi connectivity index (χ0) is 18.6. The van der Waals surface area contributed by atoms with Gasteiger partial charge in [0, 0.05) is 62.7 Å². The number of fused-ring (bicyclic) bond motifs is 1. The van der Waals surface area contributed by atoms with Crippen LogP contribution in [0.1, 0.15) is 23.3 Å². The number of hydrogen-bond acceptors (Lipinski definition) is 4. The average molecular weight is 384 g/mol. The first kappa shape index (κ1) is 18.0. The highest BCUT2D eigenvalue weighted by molar-refractivity contribution is 7.10. The Morgan fingerprint density at radius 1 is 0.852 bits per heavy atom. The molecule has 2 amide bonds. The number of piperazine rings is 1. The van der Waals surface area contributed by atoms with E-state index in [4.69, 9.17) is 0 Å². The standard InChI is InChI=1S/C21H25N3O2S/c25-20(23-13-11-22(12-14-23)18-4-2-1-3-5-18)6-7-21(26)24-10-8-19-17(16-24)9-15-27-19/h1-5,9,15H,6-8,10-14,16H2. The summed E-state index contributed by atoms with van der Waals surface area (Å²) in [5.41, 5.74) is 2.47. The van der Waals surface area contributed by atoms with E-state index >= 15 is 0 Å². The minimum Gasteiger partial charge on any atom is -0.368 e.